The lowest BCUT2D eigenvalue weighted by Gasteiger charge is -2.33. The van der Waals surface area contributed by atoms with Gasteiger partial charge in [0.2, 0.25) is 10.0 Å². The van der Waals surface area contributed by atoms with Crippen LogP contribution in [0.5, 0.6) is 0 Å². The Hall–Kier alpha value is -3.34. The third-order valence-electron chi connectivity index (χ3n) is 6.09. The first kappa shape index (κ1) is 24.8. The lowest BCUT2D eigenvalue weighted by molar-refractivity contribution is -0.122. The number of hydrazone groups is 1. The SMILES string of the molecule is Cc1ccc(S(=O)(=O)N2CCN(CC(=O)N/N=C\c3c(C)nn(-c4ccccc4)c3C)CC2)cc1. The van der Waals surface area contributed by atoms with Crippen LogP contribution in [0.4, 0.5) is 0 Å². The van der Waals surface area contributed by atoms with Crippen molar-refractivity contribution in [2.45, 2.75) is 25.7 Å². The van der Waals surface area contributed by atoms with Crippen molar-refractivity contribution in [3.8, 4) is 5.69 Å². The maximum absolute atomic E-state index is 12.9. The zero-order valence-corrected chi connectivity index (χ0v) is 21.0. The molecule has 3 aromatic rings. The normalized spacial score (nSPS) is 15.5. The van der Waals surface area contributed by atoms with Gasteiger partial charge in [0.15, 0.2) is 0 Å². The summed E-state index contributed by atoms with van der Waals surface area (Å²) in [5, 5.41) is 8.70. The van der Waals surface area contributed by atoms with E-state index in [2.05, 4.69) is 15.6 Å². The molecule has 0 aliphatic carbocycles. The van der Waals surface area contributed by atoms with Crippen LogP contribution in [-0.4, -0.2) is 72.2 Å². The van der Waals surface area contributed by atoms with E-state index in [4.69, 9.17) is 0 Å². The van der Waals surface area contributed by atoms with Crippen molar-refractivity contribution in [2.24, 2.45) is 5.10 Å². The number of nitrogens with one attached hydrogen (secondary N) is 1. The molecule has 10 heteroatoms. The van der Waals surface area contributed by atoms with Crippen LogP contribution >= 0.6 is 0 Å². The van der Waals surface area contributed by atoms with Crippen molar-refractivity contribution in [2.75, 3.05) is 32.7 Å². The number of hydrogen-bond donors (Lipinski definition) is 1. The van der Waals surface area contributed by atoms with Crippen LogP contribution in [0, 0.1) is 20.8 Å². The van der Waals surface area contributed by atoms with Gasteiger partial charge in [-0.25, -0.2) is 18.5 Å². The molecule has 0 unspecified atom stereocenters. The molecule has 35 heavy (non-hydrogen) atoms. The average Bonchev–Trinajstić information content (AvgIpc) is 3.13. The Kier molecular flexibility index (Phi) is 7.44. The highest BCUT2D eigenvalue weighted by Crippen LogP contribution is 2.18. The standard InChI is InChI=1S/C25H30N6O3S/c1-19-9-11-23(12-10-19)35(33,34)30-15-13-29(14-16-30)18-25(32)27-26-17-24-20(2)28-31(21(24)3)22-7-5-4-6-8-22/h4-12,17H,13-16,18H2,1-3H3,(H,27,32)/b26-17-. The van der Waals surface area contributed by atoms with Gasteiger partial charge < -0.3 is 0 Å². The molecule has 1 fully saturated rings. The lowest BCUT2D eigenvalue weighted by atomic mass is 10.2. The highest BCUT2D eigenvalue weighted by Gasteiger charge is 2.29. The number of carbonyl (C=O) groups is 1. The third-order valence-corrected chi connectivity index (χ3v) is 8.00. The van der Waals surface area contributed by atoms with Crippen LogP contribution in [-0.2, 0) is 14.8 Å². The van der Waals surface area contributed by atoms with Gasteiger partial charge in [-0.2, -0.15) is 14.5 Å². The summed E-state index contributed by atoms with van der Waals surface area (Å²) in [6.45, 7) is 7.56. The summed E-state index contributed by atoms with van der Waals surface area (Å²) < 4.78 is 29.0. The number of sulfonamides is 1. The molecule has 1 aromatic heterocycles. The molecule has 0 atom stereocenters. The van der Waals surface area contributed by atoms with E-state index in [0.717, 1.165) is 28.2 Å². The summed E-state index contributed by atoms with van der Waals surface area (Å²) in [4.78, 5) is 14.6. The molecule has 1 aliphatic rings. The summed E-state index contributed by atoms with van der Waals surface area (Å²) in [7, 11) is -3.53. The van der Waals surface area contributed by atoms with Gasteiger partial charge in [-0.15, -0.1) is 0 Å². The Morgan fingerprint density at radius 1 is 1.00 bits per heavy atom. The van der Waals surface area contributed by atoms with E-state index in [1.807, 2.05) is 60.7 Å². The summed E-state index contributed by atoms with van der Waals surface area (Å²) in [5.74, 6) is -0.248. The topological polar surface area (TPSA) is 99.9 Å². The quantitative estimate of drug-likeness (QED) is 0.401. The van der Waals surface area contributed by atoms with E-state index in [-0.39, 0.29) is 12.5 Å². The summed E-state index contributed by atoms with van der Waals surface area (Å²) in [6.07, 6.45) is 1.61. The highest BCUT2D eigenvalue weighted by atomic mass is 32.2. The summed E-state index contributed by atoms with van der Waals surface area (Å²) in [5.41, 5.74) is 7.14. The Morgan fingerprint density at radius 2 is 1.66 bits per heavy atom. The van der Waals surface area contributed by atoms with Crippen LogP contribution in [0.25, 0.3) is 5.69 Å². The molecule has 1 saturated heterocycles. The molecule has 1 amide bonds. The molecule has 9 nitrogen and oxygen atoms in total. The zero-order valence-electron chi connectivity index (χ0n) is 20.2. The Bertz CT molecular complexity index is 1310. The fourth-order valence-corrected chi connectivity index (χ4v) is 5.48. The number of rotatable bonds is 7. The molecule has 1 N–H and O–H groups in total. The van der Waals surface area contributed by atoms with Gasteiger partial charge in [-0.1, -0.05) is 35.9 Å². The van der Waals surface area contributed by atoms with Gasteiger partial charge in [0.25, 0.3) is 5.91 Å². The third kappa shape index (κ3) is 5.67. The molecular formula is C25H30N6O3S. The summed E-state index contributed by atoms with van der Waals surface area (Å²) in [6, 6.07) is 16.7. The number of nitrogens with zero attached hydrogens (tertiary/aromatic N) is 5. The number of aromatic nitrogens is 2. The minimum absolute atomic E-state index is 0.150. The highest BCUT2D eigenvalue weighted by molar-refractivity contribution is 7.89. The number of aryl methyl sites for hydroxylation is 2. The number of amides is 1. The largest absolute Gasteiger partial charge is 0.292 e. The predicted molar refractivity (Wildman–Crippen MR) is 135 cm³/mol. The van der Waals surface area contributed by atoms with E-state index in [1.165, 1.54) is 4.31 Å². The van der Waals surface area contributed by atoms with Gasteiger partial charge in [0.1, 0.15) is 0 Å². The van der Waals surface area contributed by atoms with Crippen molar-refractivity contribution in [3.05, 3.63) is 77.1 Å². The van der Waals surface area contributed by atoms with E-state index in [1.54, 1.807) is 30.5 Å². The molecule has 0 saturated carbocycles. The van der Waals surface area contributed by atoms with E-state index in [0.29, 0.717) is 31.1 Å². The minimum atomic E-state index is -3.53. The minimum Gasteiger partial charge on any atom is -0.292 e. The first-order chi connectivity index (χ1) is 16.8. The molecule has 4 rings (SSSR count). The van der Waals surface area contributed by atoms with Gasteiger partial charge >= 0.3 is 0 Å². The fraction of sp³-hybridized carbons (Fsp3) is 0.320. The smallest absolute Gasteiger partial charge is 0.254 e. The van der Waals surface area contributed by atoms with Gasteiger partial charge in [-0.05, 0) is 45.0 Å². The van der Waals surface area contributed by atoms with Crippen LogP contribution in [0.3, 0.4) is 0 Å². The zero-order chi connectivity index (χ0) is 25.0. The Labute approximate surface area is 206 Å². The van der Waals surface area contributed by atoms with Crippen molar-refractivity contribution in [1.82, 2.24) is 24.4 Å². The lowest BCUT2D eigenvalue weighted by Crippen LogP contribution is -2.50. The molecule has 2 heterocycles. The second kappa shape index (κ2) is 10.5. The van der Waals surface area contributed by atoms with Gasteiger partial charge in [0.05, 0.1) is 34.7 Å². The first-order valence-corrected chi connectivity index (χ1v) is 12.9. The van der Waals surface area contributed by atoms with Gasteiger partial charge in [0, 0.05) is 31.7 Å². The number of carbonyl (C=O) groups excluding carboxylic acids is 1. The van der Waals surface area contributed by atoms with E-state index in [9.17, 15) is 13.2 Å². The second-order valence-electron chi connectivity index (χ2n) is 8.62. The number of benzene rings is 2. The number of piperazine rings is 1. The van der Waals surface area contributed by atoms with Crippen LogP contribution in [0.1, 0.15) is 22.5 Å². The Morgan fingerprint density at radius 3 is 2.31 bits per heavy atom. The molecular weight excluding hydrogens is 464 g/mol. The molecule has 0 bridgehead atoms. The maximum Gasteiger partial charge on any atom is 0.254 e. The molecule has 0 radical (unpaired) electrons. The van der Waals surface area contributed by atoms with Crippen molar-refractivity contribution in [3.63, 3.8) is 0 Å². The Balaban J connectivity index is 1.30. The van der Waals surface area contributed by atoms with E-state index >= 15 is 0 Å². The molecule has 1 aliphatic heterocycles. The fourth-order valence-electron chi connectivity index (χ4n) is 4.06. The first-order valence-electron chi connectivity index (χ1n) is 11.5. The van der Waals surface area contributed by atoms with Crippen LogP contribution in [0.2, 0.25) is 0 Å². The summed E-state index contributed by atoms with van der Waals surface area (Å²) >= 11 is 0. The van der Waals surface area contributed by atoms with Crippen LogP contribution in [0.15, 0.2) is 64.6 Å². The molecule has 2 aromatic carbocycles. The van der Waals surface area contributed by atoms with Crippen molar-refractivity contribution in [1.29, 1.82) is 0 Å². The number of para-hydroxylation sites is 1. The second-order valence-corrected chi connectivity index (χ2v) is 10.6. The van der Waals surface area contributed by atoms with Crippen molar-refractivity contribution < 1.29 is 13.2 Å². The predicted octanol–water partition coefficient (Wildman–Crippen LogP) is 2.25. The van der Waals surface area contributed by atoms with Gasteiger partial charge in [-0.3, -0.25) is 9.69 Å². The van der Waals surface area contributed by atoms with Crippen molar-refractivity contribution >= 4 is 22.1 Å². The monoisotopic (exact) mass is 494 g/mol. The molecule has 0 spiro atoms. The molecule has 184 valence electrons. The number of hydrogen-bond acceptors (Lipinski definition) is 6. The maximum atomic E-state index is 12.9. The average molecular weight is 495 g/mol. The van der Waals surface area contributed by atoms with E-state index < -0.39 is 10.0 Å². The van der Waals surface area contributed by atoms with Crippen LogP contribution < -0.4 is 5.43 Å².